The Morgan fingerprint density at radius 1 is 1.33 bits per heavy atom. The molecule has 1 saturated carbocycles. The van der Waals surface area contributed by atoms with Crippen LogP contribution in [0.3, 0.4) is 0 Å². The topological polar surface area (TPSA) is 45.0 Å². The fraction of sp³-hybridized carbons (Fsp3) is 0.533. The first kappa shape index (κ1) is 12.9. The summed E-state index contributed by atoms with van der Waals surface area (Å²) in [7, 11) is 0. The van der Waals surface area contributed by atoms with Crippen LogP contribution in [-0.2, 0) is 6.54 Å². The third-order valence-electron chi connectivity index (χ3n) is 3.53. The summed E-state index contributed by atoms with van der Waals surface area (Å²) in [4.78, 5) is 0. The van der Waals surface area contributed by atoms with Gasteiger partial charge in [0.25, 0.3) is 0 Å². The first-order chi connectivity index (χ1) is 8.90. The normalized spacial score (nSPS) is 14.8. The highest BCUT2D eigenvalue weighted by Gasteiger charge is 2.16. The third kappa shape index (κ3) is 3.75. The highest BCUT2D eigenvalue weighted by atomic mass is 16.5. The van der Waals surface area contributed by atoms with Gasteiger partial charge in [-0.3, -0.25) is 0 Å². The lowest BCUT2D eigenvalue weighted by molar-refractivity contribution is 0.291. The van der Waals surface area contributed by atoms with Crippen molar-refractivity contribution < 1.29 is 4.74 Å². The van der Waals surface area contributed by atoms with Crippen LogP contribution in [0.15, 0.2) is 24.3 Å². The van der Waals surface area contributed by atoms with Crippen LogP contribution in [0.5, 0.6) is 5.75 Å². The molecular formula is C15H20N2O. The molecule has 0 bridgehead atoms. The second-order valence-electron chi connectivity index (χ2n) is 4.82. The summed E-state index contributed by atoms with van der Waals surface area (Å²) >= 11 is 0. The Balaban J connectivity index is 1.74. The van der Waals surface area contributed by atoms with Gasteiger partial charge in [0, 0.05) is 12.1 Å². The number of ether oxygens (including phenoxy) is 1. The van der Waals surface area contributed by atoms with Crippen LogP contribution in [0, 0.1) is 17.2 Å². The van der Waals surface area contributed by atoms with E-state index in [-0.39, 0.29) is 6.61 Å². The van der Waals surface area contributed by atoms with Crippen molar-refractivity contribution in [3.63, 3.8) is 0 Å². The van der Waals surface area contributed by atoms with E-state index in [1.165, 1.54) is 25.7 Å². The van der Waals surface area contributed by atoms with Crippen molar-refractivity contribution in [3.05, 3.63) is 29.8 Å². The van der Waals surface area contributed by atoms with Crippen LogP contribution in [0.1, 0.15) is 31.2 Å². The van der Waals surface area contributed by atoms with E-state index >= 15 is 0 Å². The molecule has 0 radical (unpaired) electrons. The van der Waals surface area contributed by atoms with Gasteiger partial charge in [-0.2, -0.15) is 5.26 Å². The van der Waals surface area contributed by atoms with Crippen molar-refractivity contribution >= 4 is 0 Å². The molecule has 3 heteroatoms. The number of hydrogen-bond donors (Lipinski definition) is 1. The van der Waals surface area contributed by atoms with Crippen molar-refractivity contribution in [2.24, 2.45) is 5.92 Å². The second-order valence-corrected chi connectivity index (χ2v) is 4.82. The molecule has 0 aromatic heterocycles. The van der Waals surface area contributed by atoms with E-state index in [9.17, 15) is 0 Å². The van der Waals surface area contributed by atoms with Gasteiger partial charge in [-0.25, -0.2) is 0 Å². The van der Waals surface area contributed by atoms with E-state index in [1.807, 2.05) is 30.3 Å². The van der Waals surface area contributed by atoms with E-state index in [1.54, 1.807) is 0 Å². The second kappa shape index (κ2) is 7.03. The Hall–Kier alpha value is -1.53. The molecule has 1 aromatic rings. The molecule has 0 atom stereocenters. The van der Waals surface area contributed by atoms with Gasteiger partial charge in [0.05, 0.1) is 0 Å². The summed E-state index contributed by atoms with van der Waals surface area (Å²) in [5.74, 6) is 1.76. The van der Waals surface area contributed by atoms with Gasteiger partial charge >= 0.3 is 0 Å². The summed E-state index contributed by atoms with van der Waals surface area (Å²) in [6.07, 6.45) is 5.50. The highest BCUT2D eigenvalue weighted by molar-refractivity contribution is 5.33. The molecule has 1 N–H and O–H groups in total. The predicted molar refractivity (Wildman–Crippen MR) is 71.2 cm³/mol. The maximum atomic E-state index is 8.54. The summed E-state index contributed by atoms with van der Waals surface area (Å²) in [6, 6.07) is 9.90. The molecule has 18 heavy (non-hydrogen) atoms. The summed E-state index contributed by atoms with van der Waals surface area (Å²) in [5.41, 5.74) is 1.13. The standard InChI is InChI=1S/C15H20N2O/c16-9-11-18-15-7-2-1-6-14(15)12-17-10-8-13-4-3-5-13/h1-2,6-7,13,17H,3-5,8,10-12H2. The summed E-state index contributed by atoms with van der Waals surface area (Å²) in [6.45, 7) is 1.99. The number of para-hydroxylation sites is 1. The molecule has 1 aliphatic rings. The molecule has 0 saturated heterocycles. The minimum Gasteiger partial charge on any atom is -0.478 e. The molecule has 0 spiro atoms. The van der Waals surface area contributed by atoms with Crippen molar-refractivity contribution in [1.82, 2.24) is 5.32 Å². The molecule has 1 aliphatic carbocycles. The minimum absolute atomic E-state index is 0.110. The lowest BCUT2D eigenvalue weighted by Gasteiger charge is -2.25. The predicted octanol–water partition coefficient (Wildman–Crippen LogP) is 2.87. The Kier molecular flexibility index (Phi) is 5.04. The first-order valence-electron chi connectivity index (χ1n) is 6.68. The average Bonchev–Trinajstić information content (AvgIpc) is 2.35. The zero-order valence-corrected chi connectivity index (χ0v) is 10.7. The van der Waals surface area contributed by atoms with E-state index in [2.05, 4.69) is 5.32 Å². The fourth-order valence-corrected chi connectivity index (χ4v) is 2.21. The zero-order chi connectivity index (χ0) is 12.6. The lowest BCUT2D eigenvalue weighted by atomic mass is 9.83. The molecule has 0 unspecified atom stereocenters. The van der Waals surface area contributed by atoms with Crippen molar-refractivity contribution in [1.29, 1.82) is 5.26 Å². The molecule has 0 amide bonds. The molecule has 1 fully saturated rings. The number of benzene rings is 1. The zero-order valence-electron chi connectivity index (χ0n) is 10.7. The van der Waals surface area contributed by atoms with Crippen LogP contribution < -0.4 is 10.1 Å². The van der Waals surface area contributed by atoms with Gasteiger partial charge in [0.15, 0.2) is 6.61 Å². The molecule has 0 aliphatic heterocycles. The van der Waals surface area contributed by atoms with Gasteiger partial charge < -0.3 is 10.1 Å². The quantitative estimate of drug-likeness (QED) is 0.750. The molecule has 96 valence electrons. The van der Waals surface area contributed by atoms with E-state index in [0.717, 1.165) is 30.3 Å². The lowest BCUT2D eigenvalue weighted by Crippen LogP contribution is -2.21. The van der Waals surface area contributed by atoms with E-state index in [4.69, 9.17) is 10.00 Å². The van der Waals surface area contributed by atoms with Crippen molar-refractivity contribution in [2.45, 2.75) is 32.2 Å². The van der Waals surface area contributed by atoms with Crippen LogP contribution in [-0.4, -0.2) is 13.2 Å². The average molecular weight is 244 g/mol. The van der Waals surface area contributed by atoms with Crippen molar-refractivity contribution in [2.75, 3.05) is 13.2 Å². The van der Waals surface area contributed by atoms with Crippen LogP contribution in [0.4, 0.5) is 0 Å². The Bertz CT molecular complexity index is 407. The number of nitrogens with zero attached hydrogens (tertiary/aromatic N) is 1. The third-order valence-corrected chi connectivity index (χ3v) is 3.53. The fourth-order valence-electron chi connectivity index (χ4n) is 2.21. The SMILES string of the molecule is N#CCOc1ccccc1CNCCC1CCC1. The highest BCUT2D eigenvalue weighted by Crippen LogP contribution is 2.28. The van der Waals surface area contributed by atoms with E-state index in [0.29, 0.717) is 0 Å². The smallest absolute Gasteiger partial charge is 0.174 e. The Morgan fingerprint density at radius 3 is 2.89 bits per heavy atom. The first-order valence-corrected chi connectivity index (χ1v) is 6.68. The molecule has 2 rings (SSSR count). The van der Waals surface area contributed by atoms with Crippen LogP contribution in [0.2, 0.25) is 0 Å². The van der Waals surface area contributed by atoms with Gasteiger partial charge in [-0.15, -0.1) is 0 Å². The van der Waals surface area contributed by atoms with Crippen molar-refractivity contribution in [3.8, 4) is 11.8 Å². The van der Waals surface area contributed by atoms with Gasteiger partial charge in [0.1, 0.15) is 11.8 Å². The summed E-state index contributed by atoms with van der Waals surface area (Å²) < 4.78 is 5.40. The Morgan fingerprint density at radius 2 is 2.17 bits per heavy atom. The summed E-state index contributed by atoms with van der Waals surface area (Å²) in [5, 5.41) is 12.0. The van der Waals surface area contributed by atoms with E-state index < -0.39 is 0 Å². The van der Waals surface area contributed by atoms with Crippen LogP contribution >= 0.6 is 0 Å². The molecule has 1 aromatic carbocycles. The van der Waals surface area contributed by atoms with Crippen LogP contribution in [0.25, 0.3) is 0 Å². The number of hydrogen-bond acceptors (Lipinski definition) is 3. The Labute approximate surface area is 109 Å². The monoisotopic (exact) mass is 244 g/mol. The largest absolute Gasteiger partial charge is 0.478 e. The molecule has 0 heterocycles. The number of nitrogens with one attached hydrogen (secondary N) is 1. The number of rotatable bonds is 7. The minimum atomic E-state index is 0.110. The maximum Gasteiger partial charge on any atom is 0.174 e. The number of nitriles is 1. The van der Waals surface area contributed by atoms with Gasteiger partial charge in [0.2, 0.25) is 0 Å². The molecular weight excluding hydrogens is 224 g/mol. The molecule has 3 nitrogen and oxygen atoms in total. The van der Waals surface area contributed by atoms with Gasteiger partial charge in [-0.05, 0) is 24.9 Å². The maximum absolute atomic E-state index is 8.54. The van der Waals surface area contributed by atoms with Gasteiger partial charge in [-0.1, -0.05) is 37.5 Å².